The van der Waals surface area contributed by atoms with Gasteiger partial charge < -0.3 is 0 Å². The summed E-state index contributed by atoms with van der Waals surface area (Å²) in [5, 5.41) is -2.74. The second-order valence-corrected chi connectivity index (χ2v) is 8.28. The maximum absolute atomic E-state index is 6.22. The topological polar surface area (TPSA) is 0 Å². The van der Waals surface area contributed by atoms with Crippen molar-refractivity contribution in [3.8, 4) is 0 Å². The molecule has 0 aromatic heterocycles. The van der Waals surface area contributed by atoms with Crippen molar-refractivity contribution in [1.29, 1.82) is 0 Å². The highest BCUT2D eigenvalue weighted by Gasteiger charge is 2.36. The predicted molar refractivity (Wildman–Crippen MR) is 92.9 cm³/mol. The molecule has 0 fully saturated rings. The minimum absolute atomic E-state index is 0.284. The lowest BCUT2D eigenvalue weighted by molar-refractivity contribution is 0.592. The SMILES string of the molecule is ClCCCCCC(Cl)C(Cl)C(Cl)C(Cl)C(Cl)C(Cl)Cl. The van der Waals surface area contributed by atoms with E-state index >= 15 is 0 Å². The lowest BCUT2D eigenvalue weighted by Gasteiger charge is -2.27. The fourth-order valence-corrected chi connectivity index (χ4v) is 3.72. The van der Waals surface area contributed by atoms with Gasteiger partial charge in [0.15, 0.2) is 0 Å². The van der Waals surface area contributed by atoms with Crippen LogP contribution < -0.4 is 0 Å². The van der Waals surface area contributed by atoms with E-state index in [2.05, 4.69) is 0 Å². The van der Waals surface area contributed by atoms with Gasteiger partial charge in [-0.3, -0.25) is 0 Å². The van der Waals surface area contributed by atoms with Crippen LogP contribution in [0.5, 0.6) is 0 Å². The standard InChI is InChI=1S/C11H16Cl8/c12-5-3-1-2-4-6(13)7(14)8(15)9(16)10(17)11(18)19/h6-11H,1-5H2. The highest BCUT2D eigenvalue weighted by Crippen LogP contribution is 2.32. The summed E-state index contributed by atoms with van der Waals surface area (Å²) >= 11 is 47.6. The van der Waals surface area contributed by atoms with Gasteiger partial charge in [-0.1, -0.05) is 12.8 Å². The third-order valence-electron chi connectivity index (χ3n) is 2.61. The van der Waals surface area contributed by atoms with Crippen molar-refractivity contribution in [1.82, 2.24) is 0 Å². The van der Waals surface area contributed by atoms with Crippen molar-refractivity contribution in [3.63, 3.8) is 0 Å². The Morgan fingerprint density at radius 3 is 1.58 bits per heavy atom. The smallest absolute Gasteiger partial charge is 0.125 e. The molecule has 0 aromatic carbocycles. The normalized spacial score (nSPS) is 20.1. The lowest BCUT2D eigenvalue weighted by Crippen LogP contribution is -2.39. The number of hydrogen-bond acceptors (Lipinski definition) is 0. The van der Waals surface area contributed by atoms with Gasteiger partial charge in [0.1, 0.15) is 4.84 Å². The van der Waals surface area contributed by atoms with Crippen LogP contribution >= 0.6 is 92.8 Å². The van der Waals surface area contributed by atoms with Crippen molar-refractivity contribution in [2.45, 2.75) is 57.4 Å². The van der Waals surface area contributed by atoms with Crippen LogP contribution in [-0.2, 0) is 0 Å². The van der Waals surface area contributed by atoms with Gasteiger partial charge >= 0.3 is 0 Å². The molecule has 0 heterocycles. The second-order valence-electron chi connectivity index (χ2n) is 4.17. The average Bonchev–Trinajstić information content (AvgIpc) is 2.39. The average molecular weight is 432 g/mol. The maximum Gasteiger partial charge on any atom is 0.125 e. The van der Waals surface area contributed by atoms with E-state index in [1.54, 1.807) is 0 Å². The number of rotatable bonds is 10. The molecule has 0 aliphatic carbocycles. The first-order valence-corrected chi connectivity index (χ1v) is 9.46. The third kappa shape index (κ3) is 8.50. The van der Waals surface area contributed by atoms with Crippen LogP contribution in [0.2, 0.25) is 0 Å². The van der Waals surface area contributed by atoms with Crippen LogP contribution in [0, 0.1) is 0 Å². The van der Waals surface area contributed by atoms with Crippen LogP contribution in [0.4, 0.5) is 0 Å². The highest BCUT2D eigenvalue weighted by atomic mass is 35.5. The van der Waals surface area contributed by atoms with Crippen molar-refractivity contribution in [2.24, 2.45) is 0 Å². The van der Waals surface area contributed by atoms with Crippen molar-refractivity contribution >= 4 is 92.8 Å². The van der Waals surface area contributed by atoms with Gasteiger partial charge in [0.2, 0.25) is 0 Å². The number of unbranched alkanes of at least 4 members (excludes halogenated alkanes) is 2. The van der Waals surface area contributed by atoms with Crippen LogP contribution in [-0.4, -0.2) is 37.6 Å². The summed E-state index contributed by atoms with van der Waals surface area (Å²) in [5.74, 6) is 0.653. The number of alkyl halides is 8. The minimum atomic E-state index is -0.813. The van der Waals surface area contributed by atoms with E-state index in [1.165, 1.54) is 0 Å². The van der Waals surface area contributed by atoms with Crippen molar-refractivity contribution in [2.75, 3.05) is 5.88 Å². The number of hydrogen-bond donors (Lipinski definition) is 0. The first-order valence-electron chi connectivity index (χ1n) is 5.87. The molecule has 5 unspecified atom stereocenters. The molecule has 0 aromatic rings. The zero-order chi connectivity index (χ0) is 15.0. The molecule has 5 atom stereocenters. The van der Waals surface area contributed by atoms with Crippen LogP contribution in [0.15, 0.2) is 0 Å². The summed E-state index contributed by atoms with van der Waals surface area (Å²) in [5.41, 5.74) is 0. The Labute approximate surface area is 155 Å². The molecule has 0 saturated heterocycles. The molecular weight excluding hydrogens is 416 g/mol. The summed E-state index contributed by atoms with van der Waals surface area (Å²) in [6.45, 7) is 0. The van der Waals surface area contributed by atoms with Gasteiger partial charge in [-0.05, 0) is 12.8 Å². The zero-order valence-electron chi connectivity index (χ0n) is 10.0. The summed E-state index contributed by atoms with van der Waals surface area (Å²) < 4.78 is 0. The Hall–Kier alpha value is 2.32. The lowest BCUT2D eigenvalue weighted by atomic mass is 10.1. The summed E-state index contributed by atoms with van der Waals surface area (Å²) in [7, 11) is 0. The second kappa shape index (κ2) is 11.8. The van der Waals surface area contributed by atoms with E-state index in [9.17, 15) is 0 Å². The quantitative estimate of drug-likeness (QED) is 0.269. The molecule has 0 spiro atoms. The van der Waals surface area contributed by atoms with E-state index < -0.39 is 26.3 Å². The molecule has 0 radical (unpaired) electrons. The molecular formula is C11H16Cl8. The molecule has 0 aliphatic heterocycles. The molecule has 19 heavy (non-hydrogen) atoms. The molecule has 0 rings (SSSR count). The van der Waals surface area contributed by atoms with Gasteiger partial charge in [-0.15, -0.1) is 92.8 Å². The van der Waals surface area contributed by atoms with Gasteiger partial charge in [0.25, 0.3) is 0 Å². The number of halogens is 8. The van der Waals surface area contributed by atoms with E-state index in [0.29, 0.717) is 5.88 Å². The Kier molecular flexibility index (Phi) is 13.3. The maximum atomic E-state index is 6.22. The highest BCUT2D eigenvalue weighted by molar-refractivity contribution is 6.50. The van der Waals surface area contributed by atoms with Crippen molar-refractivity contribution in [3.05, 3.63) is 0 Å². The molecule has 0 N–H and O–H groups in total. The van der Waals surface area contributed by atoms with Crippen LogP contribution in [0.1, 0.15) is 25.7 Å². The summed E-state index contributed by atoms with van der Waals surface area (Å²) in [6.07, 6.45) is 3.66. The van der Waals surface area contributed by atoms with Crippen molar-refractivity contribution < 1.29 is 0 Å². The van der Waals surface area contributed by atoms with E-state index in [0.717, 1.165) is 25.7 Å². The molecule has 0 saturated carbocycles. The van der Waals surface area contributed by atoms with E-state index in [-0.39, 0.29) is 5.38 Å². The molecule has 0 bridgehead atoms. The Morgan fingerprint density at radius 1 is 0.579 bits per heavy atom. The molecule has 0 nitrogen and oxygen atoms in total. The Morgan fingerprint density at radius 2 is 1.11 bits per heavy atom. The van der Waals surface area contributed by atoms with E-state index in [4.69, 9.17) is 92.8 Å². The molecule has 8 heteroatoms. The van der Waals surface area contributed by atoms with Gasteiger partial charge in [-0.25, -0.2) is 0 Å². The van der Waals surface area contributed by atoms with E-state index in [1.807, 2.05) is 0 Å². The molecule has 0 amide bonds. The third-order valence-corrected chi connectivity index (χ3v) is 6.87. The monoisotopic (exact) mass is 428 g/mol. The summed E-state index contributed by atoms with van der Waals surface area (Å²) in [4.78, 5) is -0.813. The Balaban J connectivity index is 4.18. The van der Waals surface area contributed by atoms with Crippen LogP contribution in [0.25, 0.3) is 0 Å². The largest absolute Gasteiger partial charge is 0.127 e. The first kappa shape index (κ1) is 21.3. The predicted octanol–water partition coefficient (Wildman–Crippen LogP) is 6.63. The van der Waals surface area contributed by atoms with Crippen LogP contribution in [0.3, 0.4) is 0 Å². The first-order chi connectivity index (χ1) is 8.82. The molecule has 116 valence electrons. The Bertz CT molecular complexity index is 225. The minimum Gasteiger partial charge on any atom is -0.127 e. The van der Waals surface area contributed by atoms with Gasteiger partial charge in [-0.2, -0.15) is 0 Å². The zero-order valence-corrected chi connectivity index (χ0v) is 16.1. The fraction of sp³-hybridized carbons (Fsp3) is 1.00. The molecule has 0 aliphatic rings. The van der Waals surface area contributed by atoms with Gasteiger partial charge in [0, 0.05) is 5.88 Å². The van der Waals surface area contributed by atoms with Gasteiger partial charge in [0.05, 0.1) is 26.9 Å². The fourth-order valence-electron chi connectivity index (χ4n) is 1.46. The summed E-state index contributed by atoms with van der Waals surface area (Å²) in [6, 6.07) is 0.